The zero-order valence-electron chi connectivity index (χ0n) is 31.0. The number of rotatable bonds is 8. The molecule has 0 spiro atoms. The molecular formula is C41H60N6O3S. The minimum atomic E-state index is -0.395. The number of hydrogen-bond acceptors (Lipinski definition) is 6. The molecule has 5 heterocycles. The maximum absolute atomic E-state index is 14.2. The third-order valence-corrected chi connectivity index (χ3v) is 13.4. The van der Waals surface area contributed by atoms with Crippen molar-refractivity contribution in [1.29, 1.82) is 0 Å². The van der Waals surface area contributed by atoms with Crippen LogP contribution >= 0.6 is 11.8 Å². The fourth-order valence-electron chi connectivity index (χ4n) is 8.84. The van der Waals surface area contributed by atoms with Gasteiger partial charge in [0.05, 0.1) is 5.25 Å². The number of para-hydroxylation sites is 2. The van der Waals surface area contributed by atoms with E-state index >= 15 is 0 Å². The molecule has 2 aromatic rings. The molecule has 0 saturated carbocycles. The van der Waals surface area contributed by atoms with Crippen molar-refractivity contribution in [2.45, 2.75) is 108 Å². The molecule has 2 aromatic carbocycles. The van der Waals surface area contributed by atoms with Gasteiger partial charge in [0.15, 0.2) is 0 Å². The van der Waals surface area contributed by atoms with Gasteiger partial charge < -0.3 is 29.8 Å². The SMILES string of the molecule is CC(C)(C)CCN1C(=O)C(CC(=O)N2CCC(N3CCc4ccccc4NC3=O)CC2)SC1c1ccccc1N1CCC(N2CCCCC2)CC1.[HH]. The molecule has 0 aromatic heterocycles. The van der Waals surface area contributed by atoms with Gasteiger partial charge in [-0.3, -0.25) is 9.59 Å². The molecule has 5 aliphatic rings. The Balaban J connectivity index is 0.00000464. The summed E-state index contributed by atoms with van der Waals surface area (Å²) in [5.41, 5.74) is 4.60. The quantitative estimate of drug-likeness (QED) is 0.311. The third-order valence-electron chi connectivity index (χ3n) is 11.9. The van der Waals surface area contributed by atoms with E-state index in [1.807, 2.05) is 28.0 Å². The summed E-state index contributed by atoms with van der Waals surface area (Å²) in [6.07, 6.45) is 9.85. The minimum Gasteiger partial charge on any atom is -0.371 e. The smallest absolute Gasteiger partial charge is 0.322 e. The van der Waals surface area contributed by atoms with Crippen LogP contribution in [0.1, 0.15) is 96.5 Å². The Hall–Kier alpha value is -3.24. The van der Waals surface area contributed by atoms with Gasteiger partial charge in [0.25, 0.3) is 0 Å². The topological polar surface area (TPSA) is 79.4 Å². The van der Waals surface area contributed by atoms with Gasteiger partial charge in [-0.2, -0.15) is 0 Å². The van der Waals surface area contributed by atoms with Gasteiger partial charge in [-0.25, -0.2) is 4.79 Å². The predicted octanol–water partition coefficient (Wildman–Crippen LogP) is 7.24. The van der Waals surface area contributed by atoms with Crippen molar-refractivity contribution in [3.63, 3.8) is 0 Å². The van der Waals surface area contributed by atoms with Gasteiger partial charge in [-0.1, -0.05) is 63.6 Å². The van der Waals surface area contributed by atoms with E-state index in [0.717, 1.165) is 50.0 Å². The third kappa shape index (κ3) is 8.38. The van der Waals surface area contributed by atoms with Crippen LogP contribution in [-0.2, 0) is 16.0 Å². The van der Waals surface area contributed by atoms with E-state index in [1.165, 1.54) is 56.4 Å². The Morgan fingerprint density at radius 3 is 2.27 bits per heavy atom. The molecule has 2 unspecified atom stereocenters. The molecule has 4 fully saturated rings. The number of carbonyl (C=O) groups is 3. The first-order chi connectivity index (χ1) is 24.6. The van der Waals surface area contributed by atoms with E-state index in [4.69, 9.17) is 0 Å². The second-order valence-electron chi connectivity index (χ2n) is 16.5. The van der Waals surface area contributed by atoms with Crippen molar-refractivity contribution in [2.24, 2.45) is 5.41 Å². The van der Waals surface area contributed by atoms with E-state index in [9.17, 15) is 14.4 Å². The van der Waals surface area contributed by atoms with Crippen molar-refractivity contribution in [2.75, 3.05) is 62.6 Å². The molecule has 5 aliphatic heterocycles. The Morgan fingerprint density at radius 2 is 1.53 bits per heavy atom. The Labute approximate surface area is 310 Å². The Bertz CT molecular complexity index is 1550. The Morgan fingerprint density at radius 1 is 0.843 bits per heavy atom. The molecule has 10 heteroatoms. The number of likely N-dealkylation sites (tertiary alicyclic amines) is 2. The summed E-state index contributed by atoms with van der Waals surface area (Å²) in [5, 5.41) is 2.59. The van der Waals surface area contributed by atoms with Crippen LogP contribution in [0.2, 0.25) is 0 Å². The van der Waals surface area contributed by atoms with Crippen LogP contribution in [-0.4, -0.2) is 107 Å². The lowest BCUT2D eigenvalue weighted by molar-refractivity contribution is -0.137. The van der Waals surface area contributed by atoms with E-state index in [0.29, 0.717) is 32.2 Å². The number of piperidine rings is 3. The number of fused-ring (bicyclic) bond motifs is 1. The predicted molar refractivity (Wildman–Crippen MR) is 209 cm³/mol. The summed E-state index contributed by atoms with van der Waals surface area (Å²) in [5.74, 6) is 0.147. The molecular weight excluding hydrogens is 657 g/mol. The lowest BCUT2D eigenvalue weighted by atomic mass is 9.92. The van der Waals surface area contributed by atoms with Gasteiger partial charge in [0.2, 0.25) is 11.8 Å². The van der Waals surface area contributed by atoms with Gasteiger partial charge in [-0.15, -0.1) is 11.8 Å². The molecule has 9 nitrogen and oxygen atoms in total. The number of amides is 4. The van der Waals surface area contributed by atoms with Crippen LogP contribution in [0.25, 0.3) is 0 Å². The van der Waals surface area contributed by atoms with E-state index < -0.39 is 5.25 Å². The average molecular weight is 717 g/mol. The van der Waals surface area contributed by atoms with Crippen molar-refractivity contribution in [3.8, 4) is 0 Å². The fraction of sp³-hybridized carbons (Fsp3) is 0.634. The Kier molecular flexibility index (Phi) is 11.2. The zero-order valence-corrected chi connectivity index (χ0v) is 31.8. The average Bonchev–Trinajstić information content (AvgIpc) is 3.34. The second kappa shape index (κ2) is 15.8. The molecule has 0 aliphatic carbocycles. The molecule has 4 amide bonds. The van der Waals surface area contributed by atoms with Crippen LogP contribution in [0, 0.1) is 5.41 Å². The molecule has 4 saturated heterocycles. The van der Waals surface area contributed by atoms with E-state index in [-0.39, 0.29) is 42.5 Å². The van der Waals surface area contributed by atoms with Gasteiger partial charge in [-0.05, 0) is 87.6 Å². The highest BCUT2D eigenvalue weighted by Crippen LogP contribution is 2.48. The van der Waals surface area contributed by atoms with Crippen molar-refractivity contribution in [3.05, 3.63) is 59.7 Å². The highest BCUT2D eigenvalue weighted by atomic mass is 32.2. The van der Waals surface area contributed by atoms with Crippen molar-refractivity contribution in [1.82, 2.24) is 19.6 Å². The molecule has 278 valence electrons. The number of anilines is 2. The van der Waals surface area contributed by atoms with Gasteiger partial charge in [0.1, 0.15) is 5.37 Å². The van der Waals surface area contributed by atoms with E-state index in [2.05, 4.69) is 71.1 Å². The number of thioether (sulfide) groups is 1. The summed E-state index contributed by atoms with van der Waals surface area (Å²) in [7, 11) is 0. The summed E-state index contributed by atoms with van der Waals surface area (Å²) in [6, 6.07) is 17.4. The largest absolute Gasteiger partial charge is 0.371 e. The fourth-order valence-corrected chi connectivity index (χ4v) is 10.3. The normalized spacial score (nSPS) is 24.5. The van der Waals surface area contributed by atoms with Crippen molar-refractivity contribution < 1.29 is 15.8 Å². The molecule has 2 atom stereocenters. The number of hydrogen-bond donors (Lipinski definition) is 1. The number of urea groups is 1. The van der Waals surface area contributed by atoms with Crippen LogP contribution in [0.4, 0.5) is 16.2 Å². The zero-order chi connectivity index (χ0) is 35.5. The van der Waals surface area contributed by atoms with Crippen LogP contribution in [0.3, 0.4) is 0 Å². The molecule has 51 heavy (non-hydrogen) atoms. The molecule has 1 N–H and O–H groups in total. The van der Waals surface area contributed by atoms with Crippen LogP contribution in [0.5, 0.6) is 0 Å². The summed E-state index contributed by atoms with van der Waals surface area (Å²) in [4.78, 5) is 52.4. The summed E-state index contributed by atoms with van der Waals surface area (Å²) >= 11 is 1.68. The number of benzene rings is 2. The highest BCUT2D eigenvalue weighted by molar-refractivity contribution is 8.01. The number of nitrogens with zero attached hydrogens (tertiary/aromatic N) is 5. The maximum Gasteiger partial charge on any atom is 0.322 e. The lowest BCUT2D eigenvalue weighted by Gasteiger charge is -2.42. The first-order valence-corrected chi connectivity index (χ1v) is 20.6. The standard InChI is InChI=1S/C41H58N6O3S.H2/c1-41(2,3)20-28-47-38(49)36(29-37(48)45-25-18-32(19-26-45)46-27-15-30-11-5-7-13-34(30)42-40(46)50)51-39(47)33-12-6-8-14-35(33)44-23-16-31(17-24-44)43-21-9-4-10-22-43;/h5-8,11-14,31-32,36,39H,4,9-10,15-29H2,1-3H3,(H,42,50);1H. The monoisotopic (exact) mass is 716 g/mol. The first-order valence-electron chi connectivity index (χ1n) is 19.6. The minimum absolute atomic E-state index is 0. The van der Waals surface area contributed by atoms with Crippen LogP contribution in [0.15, 0.2) is 48.5 Å². The maximum atomic E-state index is 14.2. The molecule has 0 radical (unpaired) electrons. The lowest BCUT2D eigenvalue weighted by Crippen LogP contribution is -2.50. The van der Waals surface area contributed by atoms with Crippen LogP contribution < -0.4 is 10.2 Å². The van der Waals surface area contributed by atoms with Gasteiger partial charge >= 0.3 is 6.03 Å². The number of nitrogens with one attached hydrogen (secondary N) is 1. The summed E-state index contributed by atoms with van der Waals surface area (Å²) in [6.45, 7) is 13.8. The second-order valence-corrected chi connectivity index (χ2v) is 17.8. The van der Waals surface area contributed by atoms with Gasteiger partial charge in [0, 0.05) is 76.1 Å². The van der Waals surface area contributed by atoms with Crippen molar-refractivity contribution >= 4 is 41.0 Å². The highest BCUT2D eigenvalue weighted by Gasteiger charge is 2.44. The molecule has 0 bridgehead atoms. The molecule has 7 rings (SSSR count). The summed E-state index contributed by atoms with van der Waals surface area (Å²) < 4.78 is 0. The number of carbonyl (C=O) groups excluding carboxylic acids is 3. The first kappa shape index (κ1) is 36.1. The van der Waals surface area contributed by atoms with E-state index in [1.54, 1.807) is 11.8 Å².